The van der Waals surface area contributed by atoms with Crippen molar-refractivity contribution in [2.75, 3.05) is 19.6 Å². The van der Waals surface area contributed by atoms with Crippen molar-refractivity contribution in [3.63, 3.8) is 0 Å². The van der Waals surface area contributed by atoms with Crippen LogP contribution in [0.4, 0.5) is 8.78 Å². The first-order valence-electron chi connectivity index (χ1n) is 10.2. The predicted molar refractivity (Wildman–Crippen MR) is 121 cm³/mol. The summed E-state index contributed by atoms with van der Waals surface area (Å²) in [5.41, 5.74) is 2.72. The summed E-state index contributed by atoms with van der Waals surface area (Å²) in [6.07, 6.45) is 0. The summed E-state index contributed by atoms with van der Waals surface area (Å²) in [5.74, 6) is -0.376. The highest BCUT2D eigenvalue weighted by Gasteiger charge is 2.26. The second-order valence-electron chi connectivity index (χ2n) is 7.41. The molecule has 1 saturated heterocycles. The molecular formula is C25H25ClF2N2O. The van der Waals surface area contributed by atoms with Crippen LogP contribution in [0.2, 0.25) is 5.02 Å². The average Bonchev–Trinajstić information content (AvgIpc) is 2.78. The highest BCUT2D eigenvalue weighted by atomic mass is 35.5. The van der Waals surface area contributed by atoms with Crippen LogP contribution in [0.3, 0.4) is 0 Å². The van der Waals surface area contributed by atoms with Crippen molar-refractivity contribution in [2.24, 2.45) is 0 Å². The van der Waals surface area contributed by atoms with Gasteiger partial charge in [-0.2, -0.15) is 0 Å². The maximum absolute atomic E-state index is 13.2. The minimum Gasteiger partial charge on any atom is -0.314 e. The van der Waals surface area contributed by atoms with Crippen LogP contribution < -0.4 is 10.6 Å². The van der Waals surface area contributed by atoms with Gasteiger partial charge in [-0.15, -0.1) is 0 Å². The number of carbonyl (C=O) groups is 1. The number of hydrogen-bond acceptors (Lipinski definition) is 3. The Morgan fingerprint density at radius 3 is 1.94 bits per heavy atom. The lowest BCUT2D eigenvalue weighted by Crippen LogP contribution is -2.51. The van der Waals surface area contributed by atoms with Crippen molar-refractivity contribution in [2.45, 2.75) is 18.9 Å². The predicted octanol–water partition coefficient (Wildman–Crippen LogP) is 5.20. The molecule has 3 aromatic carbocycles. The zero-order valence-electron chi connectivity index (χ0n) is 17.2. The third-order valence-electron chi connectivity index (χ3n) is 5.16. The third kappa shape index (κ3) is 6.69. The second kappa shape index (κ2) is 11.1. The van der Waals surface area contributed by atoms with Crippen LogP contribution in [-0.2, 0) is 0 Å². The van der Waals surface area contributed by atoms with Gasteiger partial charge in [0.25, 0.3) is 0 Å². The van der Waals surface area contributed by atoms with Crippen LogP contribution in [0.15, 0.2) is 72.8 Å². The molecule has 1 heterocycles. The highest BCUT2D eigenvalue weighted by Crippen LogP contribution is 2.29. The number of hydrogen-bond donors (Lipinski definition) is 2. The molecule has 4 rings (SSSR count). The fourth-order valence-electron chi connectivity index (χ4n) is 3.62. The molecule has 1 unspecified atom stereocenters. The Kier molecular flexibility index (Phi) is 8.29. The quantitative estimate of drug-likeness (QED) is 0.545. The zero-order valence-corrected chi connectivity index (χ0v) is 18.0. The Hall–Kier alpha value is -2.60. The van der Waals surface area contributed by atoms with E-state index in [9.17, 15) is 13.6 Å². The average molecular weight is 443 g/mol. The fourth-order valence-corrected chi connectivity index (χ4v) is 3.81. The highest BCUT2D eigenvalue weighted by molar-refractivity contribution is 6.30. The van der Waals surface area contributed by atoms with E-state index in [1.807, 2.05) is 0 Å². The van der Waals surface area contributed by atoms with Crippen LogP contribution in [-0.4, -0.2) is 31.5 Å². The summed E-state index contributed by atoms with van der Waals surface area (Å²) < 4.78 is 26.3. The van der Waals surface area contributed by atoms with E-state index in [1.165, 1.54) is 31.2 Å². The summed E-state index contributed by atoms with van der Waals surface area (Å²) in [6.45, 7) is 4.19. The van der Waals surface area contributed by atoms with E-state index in [-0.39, 0.29) is 29.4 Å². The van der Waals surface area contributed by atoms with Crippen LogP contribution in [0.5, 0.6) is 0 Å². The van der Waals surface area contributed by atoms with Gasteiger partial charge in [0.1, 0.15) is 11.6 Å². The molecule has 0 aliphatic carbocycles. The summed E-state index contributed by atoms with van der Waals surface area (Å²) in [7, 11) is 0. The van der Waals surface area contributed by atoms with E-state index in [0.717, 1.165) is 30.8 Å². The number of benzene rings is 3. The molecule has 1 aliphatic heterocycles. The molecular weight excluding hydrogens is 418 g/mol. The first kappa shape index (κ1) is 23.1. The third-order valence-corrected chi connectivity index (χ3v) is 5.40. The molecule has 0 aromatic heterocycles. The molecule has 0 amide bonds. The number of rotatable bonds is 4. The zero-order chi connectivity index (χ0) is 22.2. The minimum absolute atomic E-state index is 0.0440. The smallest absolute Gasteiger partial charge is 0.159 e. The molecule has 3 nitrogen and oxygen atoms in total. The molecule has 1 atom stereocenters. The van der Waals surface area contributed by atoms with Gasteiger partial charge < -0.3 is 10.6 Å². The van der Waals surface area contributed by atoms with E-state index in [1.54, 1.807) is 48.5 Å². The number of ketones is 1. The summed E-state index contributed by atoms with van der Waals surface area (Å²) in [4.78, 5) is 10.7. The lowest BCUT2D eigenvalue weighted by atomic mass is 9.84. The number of carbonyl (C=O) groups excluding carboxylic acids is 1. The van der Waals surface area contributed by atoms with Gasteiger partial charge in [0, 0.05) is 42.2 Å². The van der Waals surface area contributed by atoms with Crippen LogP contribution in [0, 0.1) is 11.6 Å². The van der Waals surface area contributed by atoms with E-state index in [0.29, 0.717) is 10.6 Å². The molecule has 6 heteroatoms. The number of Topliss-reactive ketones (excluding diaryl/α,β-unsaturated/α-hetero) is 1. The monoisotopic (exact) mass is 442 g/mol. The van der Waals surface area contributed by atoms with Crippen LogP contribution in [0.25, 0.3) is 0 Å². The van der Waals surface area contributed by atoms with Crippen LogP contribution in [0.1, 0.15) is 34.3 Å². The Morgan fingerprint density at radius 2 is 1.52 bits per heavy atom. The molecule has 31 heavy (non-hydrogen) atoms. The summed E-state index contributed by atoms with van der Waals surface area (Å²) in [5, 5.41) is 7.47. The SMILES string of the molecule is CC(=O)c1cccc(Cl)c1.Fc1ccc(C(c2ccc(F)cc2)C2CNCCN2)cc1. The van der Waals surface area contributed by atoms with Gasteiger partial charge in [0.15, 0.2) is 5.78 Å². The molecule has 3 aromatic rings. The standard InChI is InChI=1S/C17H18F2N2.C8H7ClO/c18-14-5-1-12(2-6-14)17(16-11-20-9-10-21-16)13-3-7-15(19)8-4-13;1-6(10)7-3-2-4-8(9)5-7/h1-8,16-17,20-21H,9-11H2;2-5H,1H3. The summed E-state index contributed by atoms with van der Waals surface area (Å²) >= 11 is 5.64. The molecule has 162 valence electrons. The van der Waals surface area contributed by atoms with Crippen molar-refractivity contribution in [1.29, 1.82) is 0 Å². The van der Waals surface area contributed by atoms with Crippen LogP contribution >= 0.6 is 11.6 Å². The first-order valence-corrected chi connectivity index (χ1v) is 10.5. The van der Waals surface area contributed by atoms with Crippen molar-refractivity contribution < 1.29 is 13.6 Å². The Morgan fingerprint density at radius 1 is 0.935 bits per heavy atom. The number of nitrogens with one attached hydrogen (secondary N) is 2. The topological polar surface area (TPSA) is 41.1 Å². The fraction of sp³-hybridized carbons (Fsp3) is 0.240. The van der Waals surface area contributed by atoms with Crippen molar-refractivity contribution in [3.05, 3.63) is 106 Å². The Balaban J connectivity index is 0.000000229. The number of halogens is 3. The largest absolute Gasteiger partial charge is 0.314 e. The van der Waals surface area contributed by atoms with Crippen molar-refractivity contribution in [3.8, 4) is 0 Å². The van der Waals surface area contributed by atoms with Gasteiger partial charge in [-0.25, -0.2) is 8.78 Å². The van der Waals surface area contributed by atoms with E-state index in [2.05, 4.69) is 10.6 Å². The summed E-state index contributed by atoms with van der Waals surface area (Å²) in [6, 6.07) is 20.2. The van der Waals surface area contributed by atoms with E-state index >= 15 is 0 Å². The van der Waals surface area contributed by atoms with Gasteiger partial charge >= 0.3 is 0 Å². The molecule has 0 saturated carbocycles. The van der Waals surface area contributed by atoms with Gasteiger partial charge in [-0.05, 0) is 54.4 Å². The van der Waals surface area contributed by atoms with Gasteiger partial charge in [0.05, 0.1) is 0 Å². The molecule has 0 bridgehead atoms. The Labute approximate surface area is 186 Å². The van der Waals surface area contributed by atoms with Gasteiger partial charge in [-0.3, -0.25) is 4.79 Å². The minimum atomic E-state index is -0.244. The molecule has 0 spiro atoms. The maximum atomic E-state index is 13.2. The lowest BCUT2D eigenvalue weighted by molar-refractivity contribution is 0.101. The van der Waals surface area contributed by atoms with Crippen molar-refractivity contribution in [1.82, 2.24) is 10.6 Å². The number of piperazine rings is 1. The van der Waals surface area contributed by atoms with Gasteiger partial charge in [0.2, 0.25) is 0 Å². The first-order chi connectivity index (χ1) is 14.9. The molecule has 1 fully saturated rings. The maximum Gasteiger partial charge on any atom is 0.159 e. The normalized spacial score (nSPS) is 15.8. The Bertz CT molecular complexity index is 942. The van der Waals surface area contributed by atoms with E-state index in [4.69, 9.17) is 11.6 Å². The molecule has 2 N–H and O–H groups in total. The van der Waals surface area contributed by atoms with Gasteiger partial charge in [-0.1, -0.05) is 48.0 Å². The van der Waals surface area contributed by atoms with E-state index < -0.39 is 0 Å². The lowest BCUT2D eigenvalue weighted by Gasteiger charge is -2.32. The van der Waals surface area contributed by atoms with Crippen molar-refractivity contribution >= 4 is 17.4 Å². The molecule has 1 aliphatic rings. The molecule has 0 radical (unpaired) electrons. The second-order valence-corrected chi connectivity index (χ2v) is 7.85.